The third-order valence-corrected chi connectivity index (χ3v) is 15.0. The number of nitrogens with zero attached hydrogens (tertiary/aromatic N) is 6. The third-order valence-electron chi connectivity index (χ3n) is 14.2. The number of carbonyl (C=O) groups excluding carboxylic acids is 2. The molecule has 2 heterocycles. The van der Waals surface area contributed by atoms with Crippen molar-refractivity contribution in [2.75, 3.05) is 62.2 Å². The Balaban J connectivity index is 1.06. The molecular formula is C62H57Cl3N6O2. The zero-order valence-electron chi connectivity index (χ0n) is 40.5. The van der Waals surface area contributed by atoms with Gasteiger partial charge in [0, 0.05) is 90.2 Å². The molecule has 2 aliphatic rings. The minimum Gasteiger partial charge on any atom is -0.338 e. The molecule has 0 spiro atoms. The second-order valence-corrected chi connectivity index (χ2v) is 19.8. The van der Waals surface area contributed by atoms with Crippen molar-refractivity contribution in [1.82, 2.24) is 19.6 Å². The van der Waals surface area contributed by atoms with E-state index in [9.17, 15) is 0 Å². The van der Waals surface area contributed by atoms with Crippen LogP contribution < -0.4 is 9.80 Å². The lowest BCUT2D eigenvalue weighted by Crippen LogP contribution is -2.65. The molecule has 368 valence electrons. The van der Waals surface area contributed by atoms with Crippen LogP contribution in [0.25, 0.3) is 0 Å². The van der Waals surface area contributed by atoms with Crippen LogP contribution in [-0.2, 0) is 9.59 Å². The van der Waals surface area contributed by atoms with Crippen LogP contribution in [0.3, 0.4) is 0 Å². The third kappa shape index (κ3) is 11.2. The van der Waals surface area contributed by atoms with Gasteiger partial charge in [0.15, 0.2) is 0 Å². The molecule has 0 aromatic heterocycles. The van der Waals surface area contributed by atoms with Gasteiger partial charge in [-0.1, -0.05) is 186 Å². The number of amides is 2. The van der Waals surface area contributed by atoms with E-state index < -0.39 is 12.1 Å². The maximum absolute atomic E-state index is 16.5. The molecule has 0 saturated carbocycles. The fraction of sp³-hybridized carbons (Fsp3) is 0.194. The van der Waals surface area contributed by atoms with Crippen molar-refractivity contribution in [2.45, 2.75) is 24.2 Å². The van der Waals surface area contributed by atoms with E-state index in [2.05, 4.69) is 68.1 Å². The van der Waals surface area contributed by atoms with Crippen LogP contribution in [0.4, 0.5) is 22.7 Å². The number of anilines is 4. The molecular weight excluding hydrogens is 967 g/mol. The van der Waals surface area contributed by atoms with Gasteiger partial charge in [-0.25, -0.2) is 0 Å². The molecule has 0 aliphatic carbocycles. The highest BCUT2D eigenvalue weighted by molar-refractivity contribution is 6.35. The number of hydrogen-bond acceptors (Lipinski definition) is 6. The molecule has 8 aromatic rings. The lowest BCUT2D eigenvalue weighted by molar-refractivity contribution is -0.141. The monoisotopic (exact) mass is 1020 g/mol. The molecule has 0 radical (unpaired) electrons. The zero-order chi connectivity index (χ0) is 50.1. The molecule has 8 nitrogen and oxygen atoms in total. The number of halogens is 3. The van der Waals surface area contributed by atoms with E-state index in [1.54, 1.807) is 6.07 Å². The minimum atomic E-state index is -1.05. The lowest BCUT2D eigenvalue weighted by Gasteiger charge is -2.48. The second kappa shape index (κ2) is 23.3. The molecule has 2 saturated heterocycles. The molecule has 0 bridgehead atoms. The Morgan fingerprint density at radius 3 is 1.04 bits per heavy atom. The van der Waals surface area contributed by atoms with Crippen LogP contribution in [0, 0.1) is 0 Å². The highest BCUT2D eigenvalue weighted by atomic mass is 35.5. The first-order valence-corrected chi connectivity index (χ1v) is 26.1. The van der Waals surface area contributed by atoms with Crippen LogP contribution in [0.2, 0.25) is 15.1 Å². The van der Waals surface area contributed by atoms with Crippen LogP contribution in [-0.4, -0.2) is 95.9 Å². The summed E-state index contributed by atoms with van der Waals surface area (Å²) in [5, 5.41) is 1.85. The zero-order valence-corrected chi connectivity index (χ0v) is 42.7. The van der Waals surface area contributed by atoms with Gasteiger partial charge < -0.3 is 19.6 Å². The van der Waals surface area contributed by atoms with Crippen LogP contribution in [0.5, 0.6) is 0 Å². The molecule has 73 heavy (non-hydrogen) atoms. The van der Waals surface area contributed by atoms with E-state index in [1.165, 1.54) is 5.56 Å². The summed E-state index contributed by atoms with van der Waals surface area (Å²) in [5.74, 6) is -0.278. The van der Waals surface area contributed by atoms with E-state index in [0.29, 0.717) is 67.4 Å². The van der Waals surface area contributed by atoms with Crippen LogP contribution in [0.15, 0.2) is 224 Å². The first-order valence-electron chi connectivity index (χ1n) is 25.0. The van der Waals surface area contributed by atoms with Gasteiger partial charge in [-0.2, -0.15) is 0 Å². The summed E-state index contributed by atoms with van der Waals surface area (Å²) in [6.07, 6.45) is 0. The average molecular weight is 1020 g/mol. The Hall–Kier alpha value is -6.91. The molecule has 4 atom stereocenters. The Labute approximate surface area is 444 Å². The SMILES string of the molecule is O=C(C(C(C(=O)N1CCN(C(c2ccccc2)c2ccc(Cl)cc2Cl)CC1)N(c1ccccc1)c1ccccc1)N(c1ccccc1)c1ccccc1)N1CCN(C(c2ccccc2)c2ccc(Cl)cc2)CC1. The molecule has 11 heteroatoms. The molecule has 2 amide bonds. The van der Waals surface area contributed by atoms with Crippen LogP contribution in [0.1, 0.15) is 34.3 Å². The van der Waals surface area contributed by atoms with Crippen molar-refractivity contribution in [3.8, 4) is 0 Å². The molecule has 0 N–H and O–H groups in total. The summed E-state index contributed by atoms with van der Waals surface area (Å²) in [6.45, 7) is 4.09. The van der Waals surface area contributed by atoms with Gasteiger partial charge in [0.05, 0.1) is 12.1 Å². The quantitative estimate of drug-likeness (QED) is 0.102. The largest absolute Gasteiger partial charge is 0.338 e. The Kier molecular flexibility index (Phi) is 15.9. The first-order chi connectivity index (χ1) is 35.8. The van der Waals surface area contributed by atoms with Gasteiger partial charge in [-0.05, 0) is 95.1 Å². The maximum Gasteiger partial charge on any atom is 0.248 e. The van der Waals surface area contributed by atoms with Crippen LogP contribution >= 0.6 is 34.8 Å². The summed E-state index contributed by atoms with van der Waals surface area (Å²) in [4.78, 5) is 45.9. The van der Waals surface area contributed by atoms with Gasteiger partial charge >= 0.3 is 0 Å². The fourth-order valence-corrected chi connectivity index (χ4v) is 11.3. The van der Waals surface area contributed by atoms with Gasteiger partial charge in [-0.15, -0.1) is 0 Å². The van der Waals surface area contributed by atoms with Gasteiger partial charge in [0.1, 0.15) is 12.1 Å². The van der Waals surface area contributed by atoms with Crippen molar-refractivity contribution in [2.24, 2.45) is 0 Å². The van der Waals surface area contributed by atoms with Gasteiger partial charge in [0.2, 0.25) is 11.8 Å². The van der Waals surface area contributed by atoms with Gasteiger partial charge in [-0.3, -0.25) is 19.4 Å². The molecule has 10 rings (SSSR count). The lowest BCUT2D eigenvalue weighted by atomic mass is 9.94. The summed E-state index contributed by atoms with van der Waals surface area (Å²) in [5.41, 5.74) is 7.53. The maximum atomic E-state index is 16.5. The predicted molar refractivity (Wildman–Crippen MR) is 298 cm³/mol. The Morgan fingerprint density at radius 1 is 0.356 bits per heavy atom. The second-order valence-electron chi connectivity index (χ2n) is 18.5. The van der Waals surface area contributed by atoms with Gasteiger partial charge in [0.25, 0.3) is 0 Å². The normalized spacial score (nSPS) is 16.0. The van der Waals surface area contributed by atoms with E-state index in [1.807, 2.05) is 180 Å². The number of benzene rings is 8. The summed E-state index contributed by atoms with van der Waals surface area (Å²) in [7, 11) is 0. The number of carbonyl (C=O) groups is 2. The molecule has 4 unspecified atom stereocenters. The minimum absolute atomic E-state index is 0.0477. The van der Waals surface area contributed by atoms with E-state index >= 15 is 9.59 Å². The Bertz CT molecular complexity index is 2960. The fourth-order valence-electron chi connectivity index (χ4n) is 10.7. The number of para-hydroxylation sites is 4. The highest BCUT2D eigenvalue weighted by Crippen LogP contribution is 2.40. The van der Waals surface area contributed by atoms with Crippen molar-refractivity contribution in [1.29, 1.82) is 0 Å². The molecule has 2 fully saturated rings. The Morgan fingerprint density at radius 2 is 0.671 bits per heavy atom. The average Bonchev–Trinajstić information content (AvgIpc) is 3.44. The summed E-state index contributed by atoms with van der Waals surface area (Å²) < 4.78 is 0. The predicted octanol–water partition coefficient (Wildman–Crippen LogP) is 13.2. The molecule has 2 aliphatic heterocycles. The summed E-state index contributed by atoms with van der Waals surface area (Å²) >= 11 is 19.8. The smallest absolute Gasteiger partial charge is 0.248 e. The number of rotatable bonds is 15. The molecule has 8 aromatic carbocycles. The number of hydrogen-bond donors (Lipinski definition) is 0. The van der Waals surface area contributed by atoms with Crippen molar-refractivity contribution in [3.05, 3.63) is 262 Å². The summed E-state index contributed by atoms with van der Waals surface area (Å²) in [6, 6.07) is 72.4. The van der Waals surface area contributed by atoms with E-state index in [0.717, 1.165) is 39.4 Å². The van der Waals surface area contributed by atoms with E-state index in [4.69, 9.17) is 34.8 Å². The topological polar surface area (TPSA) is 53.6 Å². The first kappa shape index (κ1) is 49.7. The van der Waals surface area contributed by atoms with Crippen molar-refractivity contribution >= 4 is 69.4 Å². The number of piperazine rings is 2. The standard InChI is InChI=1S/C62H57Cl3N6O2/c63-49-33-31-48(32-34-49)57(46-19-7-1-8-20-46)66-37-41-68(42-38-66)61(72)59(70(51-23-11-3-12-24-51)52-25-13-4-14-26-52)60(71(53-27-15-5-16-28-53)54-29-17-6-18-30-54)62(73)69-43-39-67(40-44-69)58(47-21-9-2-10-22-47)55-36-35-50(64)45-56(55)65/h1-36,45,57-60H,37-44H2. The van der Waals surface area contributed by atoms with Crippen molar-refractivity contribution < 1.29 is 9.59 Å². The van der Waals surface area contributed by atoms with E-state index in [-0.39, 0.29) is 23.9 Å². The van der Waals surface area contributed by atoms with Crippen molar-refractivity contribution in [3.63, 3.8) is 0 Å². The highest BCUT2D eigenvalue weighted by Gasteiger charge is 2.48.